The van der Waals surface area contributed by atoms with E-state index in [1.54, 1.807) is 11.8 Å². The van der Waals surface area contributed by atoms with E-state index in [0.717, 1.165) is 36.8 Å². The second-order valence-corrected chi connectivity index (χ2v) is 6.47. The van der Waals surface area contributed by atoms with Crippen LogP contribution in [0.3, 0.4) is 0 Å². The normalized spacial score (nSPS) is 20.7. The first kappa shape index (κ1) is 13.0. The maximum Gasteiger partial charge on any atom is 0.227 e. The highest BCUT2D eigenvalue weighted by atomic mass is 32.2. The highest BCUT2D eigenvalue weighted by Gasteiger charge is 2.27. The van der Waals surface area contributed by atoms with Crippen molar-refractivity contribution in [2.75, 3.05) is 18.4 Å². The number of nitrogens with zero attached hydrogens (tertiary/aromatic N) is 2. The number of thioether (sulfide) groups is 1. The van der Waals surface area contributed by atoms with Crippen molar-refractivity contribution in [3.05, 3.63) is 35.2 Å². The topological polar surface area (TPSA) is 44.7 Å². The molecule has 1 amide bonds. The fourth-order valence-corrected chi connectivity index (χ4v) is 3.75. The van der Waals surface area contributed by atoms with Crippen LogP contribution in [-0.4, -0.2) is 29.1 Å². The lowest BCUT2D eigenvalue weighted by molar-refractivity contribution is -0.122. The van der Waals surface area contributed by atoms with Crippen LogP contribution >= 0.6 is 11.8 Å². The van der Waals surface area contributed by atoms with Gasteiger partial charge in [-0.25, -0.2) is 0 Å². The van der Waals surface area contributed by atoms with Gasteiger partial charge in [0.05, 0.1) is 12.2 Å². The summed E-state index contributed by atoms with van der Waals surface area (Å²) in [5.41, 5.74) is 3.28. The molecule has 1 N–H and O–H groups in total. The van der Waals surface area contributed by atoms with E-state index in [9.17, 15) is 4.79 Å². The van der Waals surface area contributed by atoms with Crippen molar-refractivity contribution in [2.24, 2.45) is 10.9 Å². The lowest BCUT2D eigenvalue weighted by Crippen LogP contribution is -2.28. The third kappa shape index (κ3) is 2.35. The molecule has 108 valence electrons. The molecule has 1 aromatic carbocycles. The Hall–Kier alpha value is -1.75. The summed E-state index contributed by atoms with van der Waals surface area (Å²) >= 11 is 1.69. The van der Waals surface area contributed by atoms with Crippen molar-refractivity contribution >= 4 is 34.2 Å². The van der Waals surface area contributed by atoms with E-state index in [1.807, 2.05) is 12.1 Å². The number of amidine groups is 1. The summed E-state index contributed by atoms with van der Waals surface area (Å²) in [6.07, 6.45) is 3.25. The number of carbonyl (C=O) groups is 1. The monoisotopic (exact) mass is 299 g/mol. The third-order valence-corrected chi connectivity index (χ3v) is 5.19. The maximum atomic E-state index is 11.9. The Morgan fingerprint density at radius 1 is 1.29 bits per heavy atom. The van der Waals surface area contributed by atoms with Gasteiger partial charge in [0.2, 0.25) is 5.91 Å². The van der Waals surface area contributed by atoms with Gasteiger partial charge < -0.3 is 10.2 Å². The summed E-state index contributed by atoms with van der Waals surface area (Å²) in [7, 11) is 0. The minimum atomic E-state index is 0.165. The number of hydrogen-bond acceptors (Lipinski definition) is 4. The van der Waals surface area contributed by atoms with Gasteiger partial charge in [-0.05, 0) is 30.5 Å². The van der Waals surface area contributed by atoms with Crippen LogP contribution in [0.15, 0.2) is 34.7 Å². The van der Waals surface area contributed by atoms with Crippen molar-refractivity contribution in [2.45, 2.75) is 19.3 Å². The molecule has 21 heavy (non-hydrogen) atoms. The molecule has 0 saturated heterocycles. The van der Waals surface area contributed by atoms with Gasteiger partial charge in [-0.1, -0.05) is 30.3 Å². The van der Waals surface area contributed by atoms with Gasteiger partial charge >= 0.3 is 0 Å². The van der Waals surface area contributed by atoms with Crippen LogP contribution in [0.5, 0.6) is 0 Å². The van der Waals surface area contributed by atoms with Gasteiger partial charge in [-0.2, -0.15) is 0 Å². The smallest absolute Gasteiger partial charge is 0.227 e. The molecular weight excluding hydrogens is 282 g/mol. The molecule has 0 spiro atoms. The zero-order valence-electron chi connectivity index (χ0n) is 11.7. The van der Waals surface area contributed by atoms with Crippen molar-refractivity contribution in [3.8, 4) is 0 Å². The summed E-state index contributed by atoms with van der Waals surface area (Å²) in [4.78, 5) is 18.7. The van der Waals surface area contributed by atoms with Gasteiger partial charge in [-0.3, -0.25) is 9.79 Å². The van der Waals surface area contributed by atoms with E-state index < -0.39 is 0 Å². The van der Waals surface area contributed by atoms with Gasteiger partial charge in [0.25, 0.3) is 0 Å². The lowest BCUT2D eigenvalue weighted by Gasteiger charge is -2.24. The average Bonchev–Trinajstić information content (AvgIpc) is 3.00. The van der Waals surface area contributed by atoms with Crippen LogP contribution < -0.4 is 5.32 Å². The molecule has 1 aliphatic carbocycles. The Kier molecular flexibility index (Phi) is 3.22. The average molecular weight is 299 g/mol. The number of fused-ring (bicyclic) bond motifs is 1. The molecule has 2 heterocycles. The Labute approximate surface area is 128 Å². The van der Waals surface area contributed by atoms with E-state index in [1.165, 1.54) is 17.7 Å². The summed E-state index contributed by atoms with van der Waals surface area (Å²) in [5, 5.41) is 6.26. The molecule has 1 aromatic rings. The molecule has 0 radical (unpaired) electrons. The molecule has 1 fully saturated rings. The number of benzene rings is 1. The Morgan fingerprint density at radius 2 is 2.10 bits per heavy atom. The second-order valence-electron chi connectivity index (χ2n) is 5.63. The largest absolute Gasteiger partial charge is 0.326 e. The van der Waals surface area contributed by atoms with Crippen molar-refractivity contribution in [1.82, 2.24) is 4.90 Å². The van der Waals surface area contributed by atoms with Gasteiger partial charge in [-0.15, -0.1) is 0 Å². The van der Waals surface area contributed by atoms with Crippen LogP contribution in [0.2, 0.25) is 0 Å². The number of rotatable bonds is 3. The molecule has 4 rings (SSSR count). The molecule has 0 aromatic heterocycles. The highest BCUT2D eigenvalue weighted by molar-refractivity contribution is 8.16. The summed E-state index contributed by atoms with van der Waals surface area (Å²) < 4.78 is 0. The van der Waals surface area contributed by atoms with Crippen LogP contribution in [-0.2, 0) is 4.79 Å². The van der Waals surface area contributed by atoms with Crippen molar-refractivity contribution in [3.63, 3.8) is 0 Å². The van der Waals surface area contributed by atoms with Gasteiger partial charge in [0.1, 0.15) is 0 Å². The highest BCUT2D eigenvalue weighted by Crippen LogP contribution is 2.35. The second kappa shape index (κ2) is 5.22. The van der Waals surface area contributed by atoms with Crippen LogP contribution in [0.1, 0.15) is 24.8 Å². The molecule has 4 nitrogen and oxygen atoms in total. The number of hydrogen-bond donors (Lipinski definition) is 1. The van der Waals surface area contributed by atoms with Gasteiger partial charge in [0.15, 0.2) is 5.17 Å². The molecule has 3 aliphatic rings. The molecule has 0 unspecified atom stereocenters. The predicted octanol–water partition coefficient (Wildman–Crippen LogP) is 3.14. The number of carbonyl (C=O) groups excluding carboxylic acids is 1. The van der Waals surface area contributed by atoms with Crippen molar-refractivity contribution < 1.29 is 4.79 Å². The van der Waals surface area contributed by atoms with E-state index >= 15 is 0 Å². The molecule has 1 saturated carbocycles. The standard InChI is InChI=1S/C16H17N3OS/c20-15(12-2-1-3-12)18-13-6-4-11(5-7-13)14-10-21-16-17-8-9-19(14)16/h4-7,10,12H,1-3,8-9H2,(H,18,20). The van der Waals surface area contributed by atoms with E-state index in [0.29, 0.717) is 0 Å². The van der Waals surface area contributed by atoms with Crippen LogP contribution in [0, 0.1) is 5.92 Å². The Morgan fingerprint density at radius 3 is 2.81 bits per heavy atom. The predicted molar refractivity (Wildman–Crippen MR) is 87.0 cm³/mol. The van der Waals surface area contributed by atoms with E-state index in [4.69, 9.17) is 0 Å². The fourth-order valence-electron chi connectivity index (χ4n) is 2.79. The van der Waals surface area contributed by atoms with E-state index in [-0.39, 0.29) is 11.8 Å². The fraction of sp³-hybridized carbons (Fsp3) is 0.375. The minimum absolute atomic E-state index is 0.165. The first-order valence-electron chi connectivity index (χ1n) is 7.41. The molecular formula is C16H17N3OS. The molecule has 5 heteroatoms. The number of amides is 1. The van der Waals surface area contributed by atoms with Gasteiger partial charge in [0, 0.05) is 23.6 Å². The number of aliphatic imine (C=N–C) groups is 1. The van der Waals surface area contributed by atoms with Crippen LogP contribution in [0.25, 0.3) is 5.70 Å². The zero-order chi connectivity index (χ0) is 14.2. The first-order chi connectivity index (χ1) is 10.3. The van der Waals surface area contributed by atoms with Crippen molar-refractivity contribution in [1.29, 1.82) is 0 Å². The maximum absolute atomic E-state index is 11.9. The lowest BCUT2D eigenvalue weighted by atomic mass is 9.85. The third-order valence-electron chi connectivity index (χ3n) is 4.29. The summed E-state index contributed by atoms with van der Waals surface area (Å²) in [5.74, 6) is 0.389. The summed E-state index contributed by atoms with van der Waals surface area (Å²) in [6, 6.07) is 8.12. The summed E-state index contributed by atoms with van der Waals surface area (Å²) in [6.45, 7) is 1.85. The van der Waals surface area contributed by atoms with E-state index in [2.05, 4.69) is 32.7 Å². The Balaban J connectivity index is 1.46. The number of anilines is 1. The Bertz CT molecular complexity index is 631. The first-order valence-corrected chi connectivity index (χ1v) is 8.29. The van der Waals surface area contributed by atoms with Crippen LogP contribution in [0.4, 0.5) is 5.69 Å². The number of nitrogens with one attached hydrogen (secondary N) is 1. The molecule has 0 atom stereocenters. The SMILES string of the molecule is O=C(Nc1ccc(C2=CSC3=NCCN23)cc1)C1CCC1. The molecule has 2 aliphatic heterocycles. The quantitative estimate of drug-likeness (QED) is 0.932. The minimum Gasteiger partial charge on any atom is -0.326 e. The zero-order valence-corrected chi connectivity index (χ0v) is 12.5. The molecule has 0 bridgehead atoms.